The molecular weight excluding hydrogens is 412 g/mol. The summed E-state index contributed by atoms with van der Waals surface area (Å²) in [4.78, 5) is -0.0112. The van der Waals surface area contributed by atoms with Gasteiger partial charge in [-0.25, -0.2) is 13.1 Å². The number of rotatable bonds is 6. The summed E-state index contributed by atoms with van der Waals surface area (Å²) in [5, 5.41) is 9.29. The van der Waals surface area contributed by atoms with E-state index < -0.39 is 16.1 Å². The van der Waals surface area contributed by atoms with Crippen LogP contribution in [0.1, 0.15) is 20.3 Å². The summed E-state index contributed by atoms with van der Waals surface area (Å²) in [6.07, 6.45) is 0.545. The first kappa shape index (κ1) is 17.9. The topological polar surface area (TPSA) is 92.4 Å². The van der Waals surface area contributed by atoms with Crippen molar-refractivity contribution < 1.29 is 13.5 Å². The van der Waals surface area contributed by atoms with Gasteiger partial charge in [-0.3, -0.25) is 0 Å². The van der Waals surface area contributed by atoms with E-state index in [0.29, 0.717) is 15.4 Å². The molecule has 8 heteroatoms. The van der Waals surface area contributed by atoms with Gasteiger partial charge in [0.25, 0.3) is 0 Å². The van der Waals surface area contributed by atoms with Gasteiger partial charge < -0.3 is 10.8 Å². The van der Waals surface area contributed by atoms with Crippen LogP contribution in [0.2, 0.25) is 0 Å². The van der Waals surface area contributed by atoms with Crippen LogP contribution >= 0.6 is 31.9 Å². The lowest BCUT2D eigenvalue weighted by atomic mass is 10.1. The predicted octanol–water partition coefficient (Wildman–Crippen LogP) is 2.48. The Bertz CT molecular complexity index is 553. The highest BCUT2D eigenvalue weighted by atomic mass is 79.9. The summed E-state index contributed by atoms with van der Waals surface area (Å²) in [6.45, 7) is 3.66. The molecular formula is C12H18Br2N2O3S. The molecule has 0 bridgehead atoms. The molecule has 0 saturated carbocycles. The zero-order chi connectivity index (χ0) is 15.5. The second-order valence-corrected chi connectivity index (χ2v) is 8.36. The molecule has 0 amide bonds. The van der Waals surface area contributed by atoms with E-state index in [1.54, 1.807) is 6.07 Å². The van der Waals surface area contributed by atoms with Crippen molar-refractivity contribution in [3.8, 4) is 0 Å². The van der Waals surface area contributed by atoms with Crippen LogP contribution in [0, 0.1) is 5.92 Å². The van der Waals surface area contributed by atoms with Gasteiger partial charge in [0.1, 0.15) is 4.90 Å². The van der Waals surface area contributed by atoms with Gasteiger partial charge in [0.05, 0.1) is 12.3 Å². The molecule has 0 saturated heterocycles. The molecule has 1 aromatic carbocycles. The molecule has 1 rings (SSSR count). The highest BCUT2D eigenvalue weighted by Gasteiger charge is 2.25. The van der Waals surface area contributed by atoms with Crippen molar-refractivity contribution in [1.82, 2.24) is 4.72 Å². The second kappa shape index (κ2) is 7.22. The Hall–Kier alpha value is -0.150. The number of aliphatic hydroxyl groups is 1. The van der Waals surface area contributed by atoms with Gasteiger partial charge in [-0.1, -0.05) is 29.8 Å². The van der Waals surface area contributed by atoms with Crippen molar-refractivity contribution in [3.05, 3.63) is 21.1 Å². The lowest BCUT2D eigenvalue weighted by Gasteiger charge is -2.19. The van der Waals surface area contributed by atoms with Gasteiger partial charge in [-0.2, -0.15) is 0 Å². The van der Waals surface area contributed by atoms with Crippen LogP contribution in [0.15, 0.2) is 26.0 Å². The summed E-state index contributed by atoms with van der Waals surface area (Å²) in [7, 11) is -3.80. The number of anilines is 1. The van der Waals surface area contributed by atoms with Crippen molar-refractivity contribution in [1.29, 1.82) is 0 Å². The Morgan fingerprint density at radius 3 is 2.40 bits per heavy atom. The molecule has 0 aliphatic heterocycles. The maximum absolute atomic E-state index is 12.4. The number of halogens is 2. The third kappa shape index (κ3) is 4.70. The summed E-state index contributed by atoms with van der Waals surface area (Å²) in [6, 6.07) is 2.60. The first-order valence-electron chi connectivity index (χ1n) is 6.05. The highest BCUT2D eigenvalue weighted by Crippen LogP contribution is 2.31. The number of nitrogens with one attached hydrogen (secondary N) is 1. The minimum absolute atomic E-state index is 0.0112. The molecule has 1 unspecified atom stereocenters. The van der Waals surface area contributed by atoms with Crippen LogP contribution in [0.4, 0.5) is 5.69 Å². The maximum atomic E-state index is 12.4. The van der Waals surface area contributed by atoms with E-state index in [4.69, 9.17) is 5.73 Å². The molecule has 0 aliphatic rings. The standard InChI is InChI=1S/C12H18Br2N2O3S/c1-7(2)3-9(6-17)16-20(18,19)12-10(14)4-8(13)5-11(12)15/h4-5,7,9,16-17H,3,6,15H2,1-2H3. The van der Waals surface area contributed by atoms with Crippen LogP contribution in [-0.4, -0.2) is 26.2 Å². The minimum atomic E-state index is -3.80. The number of sulfonamides is 1. The van der Waals surface area contributed by atoms with Gasteiger partial charge in [0.15, 0.2) is 0 Å². The van der Waals surface area contributed by atoms with Crippen molar-refractivity contribution in [3.63, 3.8) is 0 Å². The lowest BCUT2D eigenvalue weighted by Crippen LogP contribution is -2.38. The Morgan fingerprint density at radius 2 is 1.95 bits per heavy atom. The number of hydrogen-bond donors (Lipinski definition) is 3. The number of aliphatic hydroxyl groups excluding tert-OH is 1. The van der Waals surface area contributed by atoms with Crippen LogP contribution in [0.25, 0.3) is 0 Å². The second-order valence-electron chi connectivity index (χ2n) is 4.94. The van der Waals surface area contributed by atoms with E-state index >= 15 is 0 Å². The van der Waals surface area contributed by atoms with Gasteiger partial charge in [0, 0.05) is 15.0 Å². The van der Waals surface area contributed by atoms with Crippen molar-refractivity contribution >= 4 is 47.6 Å². The summed E-state index contributed by atoms with van der Waals surface area (Å²) in [5.41, 5.74) is 5.92. The SMILES string of the molecule is CC(C)CC(CO)NS(=O)(=O)c1c(N)cc(Br)cc1Br. The number of benzene rings is 1. The fourth-order valence-electron chi connectivity index (χ4n) is 1.87. The highest BCUT2D eigenvalue weighted by molar-refractivity contribution is 9.11. The molecule has 1 aromatic rings. The molecule has 5 nitrogen and oxygen atoms in total. The van der Waals surface area contributed by atoms with Crippen LogP contribution in [0.5, 0.6) is 0 Å². The molecule has 0 heterocycles. The minimum Gasteiger partial charge on any atom is -0.398 e. The summed E-state index contributed by atoms with van der Waals surface area (Å²) < 4.78 is 28.3. The molecule has 4 N–H and O–H groups in total. The summed E-state index contributed by atoms with van der Waals surface area (Å²) >= 11 is 6.45. The predicted molar refractivity (Wildman–Crippen MR) is 86.9 cm³/mol. The van der Waals surface area contributed by atoms with Gasteiger partial charge in [-0.15, -0.1) is 0 Å². The number of nitrogens with two attached hydrogens (primary N) is 1. The van der Waals surface area contributed by atoms with E-state index in [1.807, 2.05) is 13.8 Å². The average Bonchev–Trinajstić information content (AvgIpc) is 2.24. The first-order valence-corrected chi connectivity index (χ1v) is 9.12. The first-order chi connectivity index (χ1) is 9.17. The van der Waals surface area contributed by atoms with Gasteiger partial charge in [0.2, 0.25) is 10.0 Å². The monoisotopic (exact) mass is 428 g/mol. The Morgan fingerprint density at radius 1 is 1.35 bits per heavy atom. The Balaban J connectivity index is 3.11. The quantitative estimate of drug-likeness (QED) is 0.605. The van der Waals surface area contributed by atoms with Crippen LogP contribution < -0.4 is 10.5 Å². The van der Waals surface area contributed by atoms with Gasteiger partial charge >= 0.3 is 0 Å². The fraction of sp³-hybridized carbons (Fsp3) is 0.500. The van der Waals surface area contributed by atoms with Crippen molar-refractivity contribution in [2.24, 2.45) is 5.92 Å². The van der Waals surface area contributed by atoms with Gasteiger partial charge in [-0.05, 0) is 40.4 Å². The lowest BCUT2D eigenvalue weighted by molar-refractivity contribution is 0.240. The zero-order valence-corrected chi connectivity index (χ0v) is 15.2. The fourth-order valence-corrected chi connectivity index (χ4v) is 5.18. The molecule has 1 atom stereocenters. The smallest absolute Gasteiger partial charge is 0.244 e. The normalized spacial score (nSPS) is 13.7. The molecule has 0 aliphatic carbocycles. The Kier molecular flexibility index (Phi) is 6.46. The molecule has 20 heavy (non-hydrogen) atoms. The molecule has 0 radical (unpaired) electrons. The molecule has 114 valence electrons. The van der Waals surface area contributed by atoms with Crippen molar-refractivity contribution in [2.45, 2.75) is 31.2 Å². The molecule has 0 spiro atoms. The van der Waals surface area contributed by atoms with Crippen molar-refractivity contribution in [2.75, 3.05) is 12.3 Å². The van der Waals surface area contributed by atoms with Crippen LogP contribution in [0.3, 0.4) is 0 Å². The molecule has 0 aromatic heterocycles. The summed E-state index contributed by atoms with van der Waals surface area (Å²) in [5.74, 6) is 0.264. The van der Waals surface area contributed by atoms with E-state index in [1.165, 1.54) is 6.07 Å². The third-order valence-electron chi connectivity index (χ3n) is 2.60. The number of hydrogen-bond acceptors (Lipinski definition) is 4. The number of nitrogen functional groups attached to an aromatic ring is 1. The van der Waals surface area contributed by atoms with Crippen LogP contribution in [-0.2, 0) is 10.0 Å². The van der Waals surface area contributed by atoms with E-state index in [-0.39, 0.29) is 23.1 Å². The Labute approximate surface area is 136 Å². The maximum Gasteiger partial charge on any atom is 0.244 e. The zero-order valence-electron chi connectivity index (χ0n) is 11.2. The largest absolute Gasteiger partial charge is 0.398 e. The van der Waals surface area contributed by atoms with E-state index in [9.17, 15) is 13.5 Å². The van der Waals surface area contributed by atoms with E-state index in [2.05, 4.69) is 36.6 Å². The molecule has 0 fully saturated rings. The third-order valence-corrected chi connectivity index (χ3v) is 5.59. The average molecular weight is 430 g/mol. The van der Waals surface area contributed by atoms with E-state index in [0.717, 1.165) is 0 Å².